The first-order valence-electron chi connectivity index (χ1n) is 5.99. The first-order chi connectivity index (χ1) is 9.17. The van der Waals surface area contributed by atoms with Crippen molar-refractivity contribution in [2.24, 2.45) is 12.8 Å². The molecule has 0 fully saturated rings. The van der Waals surface area contributed by atoms with Crippen molar-refractivity contribution in [3.8, 4) is 0 Å². The Morgan fingerprint density at radius 1 is 1.32 bits per heavy atom. The Kier molecular flexibility index (Phi) is 4.15. The van der Waals surface area contributed by atoms with E-state index in [-0.39, 0.29) is 6.03 Å². The van der Waals surface area contributed by atoms with Crippen LogP contribution < -0.4 is 16.4 Å². The molecule has 2 amide bonds. The fourth-order valence-corrected chi connectivity index (χ4v) is 1.64. The second-order valence-electron chi connectivity index (χ2n) is 4.23. The molecule has 0 saturated carbocycles. The van der Waals surface area contributed by atoms with Crippen molar-refractivity contribution in [1.29, 1.82) is 0 Å². The van der Waals surface area contributed by atoms with E-state index in [0.717, 1.165) is 16.8 Å². The van der Waals surface area contributed by atoms with Gasteiger partial charge < -0.3 is 16.4 Å². The van der Waals surface area contributed by atoms with Crippen LogP contribution in [0.4, 0.5) is 10.5 Å². The van der Waals surface area contributed by atoms with Crippen LogP contribution in [0.3, 0.4) is 0 Å². The number of carbonyl (C=O) groups excluding carboxylic acids is 1. The minimum atomic E-state index is -0.246. The van der Waals surface area contributed by atoms with Crippen LogP contribution >= 0.6 is 0 Å². The van der Waals surface area contributed by atoms with E-state index in [4.69, 9.17) is 5.73 Å². The number of urea groups is 1. The Bertz CT molecular complexity index is 546. The summed E-state index contributed by atoms with van der Waals surface area (Å²) in [5.74, 6) is 0. The summed E-state index contributed by atoms with van der Waals surface area (Å²) in [6.45, 7) is 0.939. The molecular weight excluding hydrogens is 242 g/mol. The number of benzene rings is 1. The summed E-state index contributed by atoms with van der Waals surface area (Å²) in [6, 6.07) is 7.18. The molecule has 0 saturated heterocycles. The molecule has 1 aromatic heterocycles. The van der Waals surface area contributed by atoms with Gasteiger partial charge in [-0.15, -0.1) is 0 Å². The molecule has 0 aliphatic carbocycles. The number of hydrogen-bond acceptors (Lipinski definition) is 3. The third-order valence-electron chi connectivity index (χ3n) is 2.66. The van der Waals surface area contributed by atoms with Gasteiger partial charge in [-0.2, -0.15) is 5.10 Å². The number of carbonyl (C=O) groups is 1. The van der Waals surface area contributed by atoms with Crippen molar-refractivity contribution in [3.63, 3.8) is 0 Å². The first-order valence-corrected chi connectivity index (χ1v) is 5.99. The summed E-state index contributed by atoms with van der Waals surface area (Å²) in [5.41, 5.74) is 8.23. The van der Waals surface area contributed by atoms with Crippen LogP contribution in [0.15, 0.2) is 36.7 Å². The zero-order chi connectivity index (χ0) is 13.7. The number of rotatable bonds is 4. The highest BCUT2D eigenvalue weighted by molar-refractivity contribution is 5.89. The van der Waals surface area contributed by atoms with Crippen LogP contribution in [0.1, 0.15) is 11.1 Å². The highest BCUT2D eigenvalue weighted by Crippen LogP contribution is 2.08. The maximum absolute atomic E-state index is 11.7. The minimum absolute atomic E-state index is 0.246. The van der Waals surface area contributed by atoms with E-state index in [0.29, 0.717) is 13.1 Å². The summed E-state index contributed by atoms with van der Waals surface area (Å²) in [7, 11) is 1.84. The van der Waals surface area contributed by atoms with Crippen LogP contribution in [-0.4, -0.2) is 15.8 Å². The van der Waals surface area contributed by atoms with Gasteiger partial charge in [0, 0.05) is 37.6 Å². The lowest BCUT2D eigenvalue weighted by Crippen LogP contribution is -2.28. The average molecular weight is 259 g/mol. The monoisotopic (exact) mass is 259 g/mol. The van der Waals surface area contributed by atoms with Gasteiger partial charge in [0.15, 0.2) is 0 Å². The van der Waals surface area contributed by atoms with Gasteiger partial charge in [-0.05, 0) is 17.7 Å². The van der Waals surface area contributed by atoms with E-state index >= 15 is 0 Å². The summed E-state index contributed by atoms with van der Waals surface area (Å²) in [4.78, 5) is 11.7. The van der Waals surface area contributed by atoms with Crippen molar-refractivity contribution in [3.05, 3.63) is 47.8 Å². The molecule has 0 atom stereocenters. The molecule has 0 aliphatic rings. The van der Waals surface area contributed by atoms with Gasteiger partial charge in [-0.1, -0.05) is 12.1 Å². The normalized spacial score (nSPS) is 10.2. The molecule has 0 aliphatic heterocycles. The number of aromatic nitrogens is 2. The molecule has 2 aromatic rings. The summed E-state index contributed by atoms with van der Waals surface area (Å²) >= 11 is 0. The average Bonchev–Trinajstić information content (AvgIpc) is 2.83. The Hall–Kier alpha value is -2.34. The lowest BCUT2D eigenvalue weighted by Gasteiger charge is -2.07. The number of nitrogens with zero attached hydrogens (tertiary/aromatic N) is 2. The zero-order valence-corrected chi connectivity index (χ0v) is 10.8. The van der Waals surface area contributed by atoms with Crippen molar-refractivity contribution in [2.75, 3.05) is 5.32 Å². The number of nitrogens with two attached hydrogens (primary N) is 1. The highest BCUT2D eigenvalue weighted by atomic mass is 16.2. The van der Waals surface area contributed by atoms with Crippen LogP contribution in [0, 0.1) is 0 Å². The molecule has 1 aromatic carbocycles. The molecule has 4 N–H and O–H groups in total. The predicted octanol–water partition coefficient (Wildman–Crippen LogP) is 1.20. The molecule has 0 spiro atoms. The fraction of sp³-hybridized carbons (Fsp3) is 0.231. The van der Waals surface area contributed by atoms with E-state index in [2.05, 4.69) is 15.7 Å². The van der Waals surface area contributed by atoms with Gasteiger partial charge in [0.25, 0.3) is 0 Å². The Morgan fingerprint density at radius 3 is 2.63 bits per heavy atom. The molecule has 1 heterocycles. The van der Waals surface area contributed by atoms with Crippen molar-refractivity contribution in [1.82, 2.24) is 15.1 Å². The standard InChI is InChI=1S/C13H17N5O/c1-18-9-11(8-16-18)7-15-13(19)17-12-4-2-10(6-14)3-5-12/h2-5,8-9H,6-7,14H2,1H3,(H2,15,17,19). The smallest absolute Gasteiger partial charge is 0.319 e. The van der Waals surface area contributed by atoms with Crippen molar-refractivity contribution < 1.29 is 4.79 Å². The van der Waals surface area contributed by atoms with Gasteiger partial charge in [-0.25, -0.2) is 4.79 Å². The zero-order valence-electron chi connectivity index (χ0n) is 10.8. The fourth-order valence-electron chi connectivity index (χ4n) is 1.64. The van der Waals surface area contributed by atoms with Gasteiger partial charge in [0.1, 0.15) is 0 Å². The second kappa shape index (κ2) is 6.01. The third-order valence-corrected chi connectivity index (χ3v) is 2.66. The van der Waals surface area contributed by atoms with Gasteiger partial charge >= 0.3 is 6.03 Å². The van der Waals surface area contributed by atoms with E-state index in [1.54, 1.807) is 10.9 Å². The van der Waals surface area contributed by atoms with Crippen LogP contribution in [0.25, 0.3) is 0 Å². The second-order valence-corrected chi connectivity index (χ2v) is 4.23. The first kappa shape index (κ1) is 13.1. The number of hydrogen-bond donors (Lipinski definition) is 3. The van der Waals surface area contributed by atoms with Crippen LogP contribution in [0.5, 0.6) is 0 Å². The molecule has 0 bridgehead atoms. The molecule has 6 nitrogen and oxygen atoms in total. The number of nitrogens with one attached hydrogen (secondary N) is 2. The lowest BCUT2D eigenvalue weighted by molar-refractivity contribution is 0.251. The number of anilines is 1. The SMILES string of the molecule is Cn1cc(CNC(=O)Nc2ccc(CN)cc2)cn1. The predicted molar refractivity (Wildman–Crippen MR) is 73.4 cm³/mol. The van der Waals surface area contributed by atoms with E-state index in [1.165, 1.54) is 0 Å². The molecule has 19 heavy (non-hydrogen) atoms. The highest BCUT2D eigenvalue weighted by Gasteiger charge is 2.02. The maximum atomic E-state index is 11.7. The Morgan fingerprint density at radius 2 is 2.05 bits per heavy atom. The van der Waals surface area contributed by atoms with Crippen molar-refractivity contribution in [2.45, 2.75) is 13.1 Å². The van der Waals surface area contributed by atoms with Gasteiger partial charge in [0.2, 0.25) is 0 Å². The van der Waals surface area contributed by atoms with Crippen LogP contribution in [-0.2, 0) is 20.1 Å². The van der Waals surface area contributed by atoms with Gasteiger partial charge in [-0.3, -0.25) is 4.68 Å². The molecule has 0 unspecified atom stereocenters. The molecule has 6 heteroatoms. The molecular formula is C13H17N5O. The van der Waals surface area contributed by atoms with E-state index in [9.17, 15) is 4.79 Å². The Labute approximate surface area is 111 Å². The summed E-state index contributed by atoms with van der Waals surface area (Å²) in [6.07, 6.45) is 3.58. The van der Waals surface area contributed by atoms with Gasteiger partial charge in [0.05, 0.1) is 6.20 Å². The number of aryl methyl sites for hydroxylation is 1. The molecule has 0 radical (unpaired) electrons. The summed E-state index contributed by atoms with van der Waals surface area (Å²) < 4.78 is 1.69. The third kappa shape index (κ3) is 3.82. The van der Waals surface area contributed by atoms with E-state index < -0.39 is 0 Å². The van der Waals surface area contributed by atoms with E-state index in [1.807, 2.05) is 37.5 Å². The largest absolute Gasteiger partial charge is 0.334 e. The lowest BCUT2D eigenvalue weighted by atomic mass is 10.2. The van der Waals surface area contributed by atoms with Crippen LogP contribution in [0.2, 0.25) is 0 Å². The number of amides is 2. The maximum Gasteiger partial charge on any atom is 0.319 e. The quantitative estimate of drug-likeness (QED) is 0.771. The summed E-state index contributed by atoms with van der Waals surface area (Å²) in [5, 5.41) is 9.54. The molecule has 100 valence electrons. The molecule has 2 rings (SSSR count). The van der Waals surface area contributed by atoms with Crippen molar-refractivity contribution >= 4 is 11.7 Å². The minimum Gasteiger partial charge on any atom is -0.334 e. The topological polar surface area (TPSA) is 85.0 Å². The Balaban J connectivity index is 1.83.